The van der Waals surface area contributed by atoms with E-state index in [1.807, 2.05) is 34.9 Å². The third-order valence-electron chi connectivity index (χ3n) is 4.16. The Bertz CT molecular complexity index is 937. The van der Waals surface area contributed by atoms with E-state index in [4.69, 9.17) is 16.6 Å². The average molecular weight is 422 g/mol. The van der Waals surface area contributed by atoms with Crippen molar-refractivity contribution in [2.45, 2.75) is 32.7 Å². The highest BCUT2D eigenvalue weighted by molar-refractivity contribution is 9.10. The van der Waals surface area contributed by atoms with Crippen molar-refractivity contribution in [2.24, 2.45) is 0 Å². The Labute approximate surface area is 159 Å². The molecule has 0 radical (unpaired) electrons. The zero-order chi connectivity index (χ0) is 18.0. The molecule has 0 unspecified atom stereocenters. The summed E-state index contributed by atoms with van der Waals surface area (Å²) in [6.07, 6.45) is 2.84. The Hall–Kier alpha value is -1.85. The molecule has 1 aromatic heterocycles. The van der Waals surface area contributed by atoms with Gasteiger partial charge in [-0.05, 0) is 30.2 Å². The first kappa shape index (κ1) is 18.0. The van der Waals surface area contributed by atoms with Gasteiger partial charge in [0.1, 0.15) is 5.82 Å². The first-order chi connectivity index (χ1) is 12.0. The fourth-order valence-corrected chi connectivity index (χ4v) is 3.58. The molecule has 3 rings (SSSR count). The summed E-state index contributed by atoms with van der Waals surface area (Å²) in [4.78, 5) is 16.5. The number of aromatic nitrogens is 2. The topological polar surface area (TPSA) is 55.1 Å². The van der Waals surface area contributed by atoms with Crippen LogP contribution in [-0.2, 0) is 13.0 Å². The maximum Gasteiger partial charge on any atom is 0.337 e. The second kappa shape index (κ2) is 7.58. The van der Waals surface area contributed by atoms with E-state index < -0.39 is 5.97 Å². The highest BCUT2D eigenvalue weighted by atomic mass is 79.9. The Balaban J connectivity index is 2.22. The van der Waals surface area contributed by atoms with Gasteiger partial charge in [0.2, 0.25) is 0 Å². The predicted molar refractivity (Wildman–Crippen MR) is 104 cm³/mol. The zero-order valence-corrected chi connectivity index (χ0v) is 16.1. The molecule has 1 N–H and O–H groups in total. The van der Waals surface area contributed by atoms with Gasteiger partial charge in [-0.1, -0.05) is 59.1 Å². The number of aromatic carboxylic acids is 1. The Morgan fingerprint density at radius 1 is 1.32 bits per heavy atom. The lowest BCUT2D eigenvalue weighted by atomic mass is 10.1. The summed E-state index contributed by atoms with van der Waals surface area (Å²) in [5, 5.41) is 10.3. The molecule has 0 aliphatic rings. The number of carbonyl (C=O) groups is 1. The van der Waals surface area contributed by atoms with Crippen LogP contribution in [0, 0.1) is 0 Å². The first-order valence-corrected chi connectivity index (χ1v) is 9.33. The van der Waals surface area contributed by atoms with Gasteiger partial charge in [0.25, 0.3) is 0 Å². The van der Waals surface area contributed by atoms with Crippen LogP contribution in [0.2, 0.25) is 5.02 Å². The van der Waals surface area contributed by atoms with Crippen molar-refractivity contribution >= 4 is 44.5 Å². The van der Waals surface area contributed by atoms with Crippen LogP contribution in [0.4, 0.5) is 0 Å². The normalized spacial score (nSPS) is 11.2. The van der Waals surface area contributed by atoms with E-state index in [0.717, 1.165) is 30.7 Å². The van der Waals surface area contributed by atoms with Gasteiger partial charge in [0.15, 0.2) is 0 Å². The SMILES string of the molecule is CCCCc1nc2cc(Br)cc(C(=O)O)c2n1Cc1ccccc1Cl. The Morgan fingerprint density at radius 3 is 2.76 bits per heavy atom. The van der Waals surface area contributed by atoms with Gasteiger partial charge in [0, 0.05) is 15.9 Å². The maximum absolute atomic E-state index is 11.8. The molecule has 0 spiro atoms. The number of fused-ring (bicyclic) bond motifs is 1. The molecule has 0 aliphatic heterocycles. The number of hydrogen-bond donors (Lipinski definition) is 1. The van der Waals surface area contributed by atoms with Gasteiger partial charge in [0.05, 0.1) is 23.1 Å². The number of carboxylic acid groups (broad SMARTS) is 1. The van der Waals surface area contributed by atoms with Crippen molar-refractivity contribution in [3.8, 4) is 0 Å². The molecule has 6 heteroatoms. The average Bonchev–Trinajstić information content (AvgIpc) is 2.91. The number of carboxylic acids is 1. The number of aryl methyl sites for hydroxylation is 1. The molecule has 2 aromatic carbocycles. The van der Waals surface area contributed by atoms with E-state index in [1.54, 1.807) is 6.07 Å². The van der Waals surface area contributed by atoms with Crippen LogP contribution >= 0.6 is 27.5 Å². The Kier molecular flexibility index (Phi) is 5.45. The van der Waals surface area contributed by atoms with Crippen molar-refractivity contribution in [2.75, 3.05) is 0 Å². The molecular formula is C19H18BrClN2O2. The molecule has 0 saturated heterocycles. The van der Waals surface area contributed by atoms with E-state index in [0.29, 0.717) is 27.1 Å². The highest BCUT2D eigenvalue weighted by Crippen LogP contribution is 2.28. The van der Waals surface area contributed by atoms with Crippen LogP contribution in [-0.4, -0.2) is 20.6 Å². The molecular weight excluding hydrogens is 404 g/mol. The van der Waals surface area contributed by atoms with Crippen molar-refractivity contribution in [3.63, 3.8) is 0 Å². The van der Waals surface area contributed by atoms with Gasteiger partial charge in [-0.25, -0.2) is 9.78 Å². The number of imidazole rings is 1. The number of hydrogen-bond acceptors (Lipinski definition) is 2. The van der Waals surface area contributed by atoms with Crippen LogP contribution in [0.5, 0.6) is 0 Å². The van der Waals surface area contributed by atoms with Crippen LogP contribution in [0.25, 0.3) is 11.0 Å². The number of nitrogens with zero attached hydrogens (tertiary/aromatic N) is 2. The maximum atomic E-state index is 11.8. The predicted octanol–water partition coefficient (Wildman–Crippen LogP) is 5.54. The van der Waals surface area contributed by atoms with Gasteiger partial charge < -0.3 is 9.67 Å². The van der Waals surface area contributed by atoms with Crippen molar-refractivity contribution in [3.05, 3.63) is 62.8 Å². The van der Waals surface area contributed by atoms with Crippen LogP contribution in [0.15, 0.2) is 40.9 Å². The van der Waals surface area contributed by atoms with E-state index in [1.165, 1.54) is 0 Å². The summed E-state index contributed by atoms with van der Waals surface area (Å²) in [5.74, 6) is -0.0778. The molecule has 130 valence electrons. The lowest BCUT2D eigenvalue weighted by molar-refractivity contribution is 0.0698. The quantitative estimate of drug-likeness (QED) is 0.568. The molecule has 1 heterocycles. The lowest BCUT2D eigenvalue weighted by Gasteiger charge is -2.12. The second-order valence-corrected chi connectivity index (χ2v) is 7.26. The molecule has 3 aromatic rings. The third kappa shape index (κ3) is 3.72. The number of unbranched alkanes of at least 4 members (excludes halogenated alkanes) is 1. The van der Waals surface area contributed by atoms with Gasteiger partial charge in [-0.2, -0.15) is 0 Å². The number of rotatable bonds is 6. The van der Waals surface area contributed by atoms with E-state index in [9.17, 15) is 9.90 Å². The summed E-state index contributed by atoms with van der Waals surface area (Å²) >= 11 is 9.70. The molecule has 0 atom stereocenters. The molecule has 0 bridgehead atoms. The smallest absolute Gasteiger partial charge is 0.337 e. The lowest BCUT2D eigenvalue weighted by Crippen LogP contribution is -2.09. The number of benzene rings is 2. The minimum Gasteiger partial charge on any atom is -0.478 e. The van der Waals surface area contributed by atoms with Gasteiger partial charge in [-0.15, -0.1) is 0 Å². The summed E-state index contributed by atoms with van der Waals surface area (Å²) in [6.45, 7) is 2.62. The molecule has 0 amide bonds. The Morgan fingerprint density at radius 2 is 2.08 bits per heavy atom. The molecule has 0 fully saturated rings. The summed E-state index contributed by atoms with van der Waals surface area (Å²) in [6, 6.07) is 11.1. The summed E-state index contributed by atoms with van der Waals surface area (Å²) in [5.41, 5.74) is 2.51. The van der Waals surface area contributed by atoms with Crippen molar-refractivity contribution in [1.29, 1.82) is 0 Å². The highest BCUT2D eigenvalue weighted by Gasteiger charge is 2.19. The molecule has 4 nitrogen and oxygen atoms in total. The van der Waals surface area contributed by atoms with Crippen LogP contribution in [0.3, 0.4) is 0 Å². The van der Waals surface area contributed by atoms with E-state index >= 15 is 0 Å². The minimum absolute atomic E-state index is 0.242. The van der Waals surface area contributed by atoms with Gasteiger partial charge in [-0.3, -0.25) is 0 Å². The van der Waals surface area contributed by atoms with E-state index in [-0.39, 0.29) is 5.56 Å². The molecule has 0 aliphatic carbocycles. The van der Waals surface area contributed by atoms with Crippen LogP contribution < -0.4 is 0 Å². The standard InChI is InChI=1S/C19H18BrClN2O2/c1-2-3-8-17-22-16-10-13(20)9-14(19(24)25)18(16)23(17)11-12-6-4-5-7-15(12)21/h4-7,9-10H,2-3,8,11H2,1H3,(H,24,25). The largest absolute Gasteiger partial charge is 0.478 e. The van der Waals surface area contributed by atoms with Crippen molar-refractivity contribution < 1.29 is 9.90 Å². The third-order valence-corrected chi connectivity index (χ3v) is 4.98. The van der Waals surface area contributed by atoms with E-state index in [2.05, 4.69) is 22.9 Å². The second-order valence-electron chi connectivity index (χ2n) is 5.94. The zero-order valence-electron chi connectivity index (χ0n) is 13.8. The summed E-state index contributed by atoms with van der Waals surface area (Å²) in [7, 11) is 0. The van der Waals surface area contributed by atoms with Crippen molar-refractivity contribution in [1.82, 2.24) is 9.55 Å². The van der Waals surface area contributed by atoms with Crippen LogP contribution in [0.1, 0.15) is 41.5 Å². The number of halogens is 2. The monoisotopic (exact) mass is 420 g/mol. The molecule has 25 heavy (non-hydrogen) atoms. The summed E-state index contributed by atoms with van der Waals surface area (Å²) < 4.78 is 2.70. The fourth-order valence-electron chi connectivity index (χ4n) is 2.94. The molecule has 0 saturated carbocycles. The first-order valence-electron chi connectivity index (χ1n) is 8.16. The minimum atomic E-state index is -0.964. The van der Waals surface area contributed by atoms with Gasteiger partial charge >= 0.3 is 5.97 Å². The fraction of sp³-hybridized carbons (Fsp3) is 0.263.